The summed E-state index contributed by atoms with van der Waals surface area (Å²) >= 11 is 1.65. The first-order valence-corrected chi connectivity index (χ1v) is 9.74. The van der Waals surface area contributed by atoms with Crippen LogP contribution in [0.25, 0.3) is 11.1 Å². The second kappa shape index (κ2) is 10.6. The largest absolute Gasteiger partial charge is 0.496 e. The van der Waals surface area contributed by atoms with Gasteiger partial charge in [0.1, 0.15) is 11.6 Å². The summed E-state index contributed by atoms with van der Waals surface area (Å²) in [6, 6.07) is 20.0. The highest BCUT2D eigenvalue weighted by Gasteiger charge is 2.08. The van der Waals surface area contributed by atoms with Crippen molar-refractivity contribution in [3.8, 4) is 16.9 Å². The average molecular weight is 386 g/mol. The van der Waals surface area contributed by atoms with Gasteiger partial charge in [-0.25, -0.2) is 4.39 Å². The van der Waals surface area contributed by atoms with E-state index >= 15 is 0 Å². The fourth-order valence-electron chi connectivity index (χ4n) is 2.52. The first-order chi connectivity index (χ1) is 13.2. The van der Waals surface area contributed by atoms with Crippen LogP contribution in [0.5, 0.6) is 5.75 Å². The highest BCUT2D eigenvalue weighted by atomic mass is 32.2. The highest BCUT2D eigenvalue weighted by molar-refractivity contribution is 7.98. The molecule has 142 valence electrons. The minimum Gasteiger partial charge on any atom is -0.496 e. The molecule has 0 fully saturated rings. The van der Waals surface area contributed by atoms with E-state index in [0.717, 1.165) is 33.1 Å². The average Bonchev–Trinajstić information content (AvgIpc) is 2.74. The quantitative estimate of drug-likeness (QED) is 0.369. The van der Waals surface area contributed by atoms with Crippen molar-refractivity contribution in [2.75, 3.05) is 12.6 Å². The summed E-state index contributed by atoms with van der Waals surface area (Å²) in [6.45, 7) is 4.00. The third kappa shape index (κ3) is 5.74. The van der Waals surface area contributed by atoms with E-state index in [4.69, 9.17) is 9.94 Å². The van der Waals surface area contributed by atoms with E-state index in [1.807, 2.05) is 44.2 Å². The Morgan fingerprint density at radius 3 is 2.41 bits per heavy atom. The minimum atomic E-state index is -0.228. The van der Waals surface area contributed by atoms with Gasteiger partial charge in [-0.1, -0.05) is 32.0 Å². The Bertz CT molecular complexity index is 853. The molecule has 0 heterocycles. The van der Waals surface area contributed by atoms with E-state index < -0.39 is 0 Å². The van der Waals surface area contributed by atoms with E-state index in [1.54, 1.807) is 37.1 Å². The Morgan fingerprint density at radius 1 is 1.00 bits per heavy atom. The number of rotatable bonds is 6. The van der Waals surface area contributed by atoms with Gasteiger partial charge in [-0.15, -0.1) is 11.8 Å². The molecular weight excluding hydrogens is 361 g/mol. The number of halogens is 1. The van der Waals surface area contributed by atoms with Gasteiger partial charge in [-0.3, -0.25) is 10.7 Å². The van der Waals surface area contributed by atoms with Gasteiger partial charge in [0.15, 0.2) is 0 Å². The molecule has 3 nitrogen and oxygen atoms in total. The molecule has 5 heteroatoms. The third-order valence-corrected chi connectivity index (χ3v) is 4.87. The fraction of sp³-hybridized carbons (Fsp3) is 0.182. The van der Waals surface area contributed by atoms with E-state index in [1.165, 1.54) is 12.1 Å². The van der Waals surface area contributed by atoms with Crippen LogP contribution in [0, 0.1) is 5.82 Å². The zero-order chi connectivity index (χ0) is 19.6. The van der Waals surface area contributed by atoms with Gasteiger partial charge in [-0.05, 0) is 59.7 Å². The molecule has 0 spiro atoms. The summed E-state index contributed by atoms with van der Waals surface area (Å²) < 4.78 is 18.5. The second-order valence-corrected chi connectivity index (χ2v) is 6.52. The Balaban J connectivity index is 0.00000126. The zero-order valence-corrected chi connectivity index (χ0v) is 16.5. The van der Waals surface area contributed by atoms with Gasteiger partial charge < -0.3 is 4.74 Å². The summed E-state index contributed by atoms with van der Waals surface area (Å²) in [5.41, 5.74) is 5.82. The second-order valence-electron chi connectivity index (χ2n) is 5.47. The van der Waals surface area contributed by atoms with E-state index in [0.29, 0.717) is 5.69 Å². The number of ether oxygens (including phenoxy) is 1. The molecule has 0 aliphatic rings. The fourth-order valence-corrected chi connectivity index (χ4v) is 3.37. The predicted molar refractivity (Wildman–Crippen MR) is 111 cm³/mol. The lowest BCUT2D eigenvalue weighted by molar-refractivity contribution is 0.389. The van der Waals surface area contributed by atoms with Gasteiger partial charge in [0.05, 0.1) is 12.8 Å². The standard InChI is InChI=1S/C20H18FNO2S.C2H6/c1-24-20-10-5-14(13-25-18-8-6-16(21)7-9-18)11-19(20)15-3-2-4-17(12-15)22-23;1-2/h2-12,22-23H,13H2,1H3;1-2H3. The Morgan fingerprint density at radius 2 is 1.74 bits per heavy atom. The Kier molecular flexibility index (Phi) is 8.17. The van der Waals surface area contributed by atoms with Crippen LogP contribution in [-0.4, -0.2) is 12.3 Å². The maximum atomic E-state index is 13.0. The maximum absolute atomic E-state index is 13.0. The van der Waals surface area contributed by atoms with Gasteiger partial charge in [-0.2, -0.15) is 0 Å². The topological polar surface area (TPSA) is 41.5 Å². The Labute approximate surface area is 164 Å². The van der Waals surface area contributed by atoms with E-state index in [2.05, 4.69) is 11.5 Å². The summed E-state index contributed by atoms with van der Waals surface area (Å²) in [7, 11) is 1.64. The molecule has 0 bridgehead atoms. The van der Waals surface area contributed by atoms with Gasteiger partial charge in [0.25, 0.3) is 0 Å². The van der Waals surface area contributed by atoms with Crippen molar-refractivity contribution in [1.82, 2.24) is 0 Å². The molecular formula is C22H24FNO2S. The Hall–Kier alpha value is -2.50. The first kappa shape index (κ1) is 20.8. The SMILES string of the molecule is CC.COc1ccc(CSc2ccc(F)cc2)cc1-c1cccc(NO)c1. The molecule has 2 N–H and O–H groups in total. The van der Waals surface area contributed by atoms with Crippen LogP contribution in [0.15, 0.2) is 71.6 Å². The van der Waals surface area contributed by atoms with Gasteiger partial charge >= 0.3 is 0 Å². The van der Waals surface area contributed by atoms with Crippen molar-refractivity contribution < 1.29 is 14.3 Å². The molecule has 3 aromatic carbocycles. The first-order valence-electron chi connectivity index (χ1n) is 8.75. The number of anilines is 1. The molecule has 0 unspecified atom stereocenters. The number of hydrogen-bond acceptors (Lipinski definition) is 4. The predicted octanol–water partition coefficient (Wildman–Crippen LogP) is 6.62. The molecule has 0 radical (unpaired) electrons. The van der Waals surface area contributed by atoms with Crippen LogP contribution in [-0.2, 0) is 5.75 Å². The third-order valence-electron chi connectivity index (χ3n) is 3.79. The van der Waals surface area contributed by atoms with Gasteiger partial charge in [0.2, 0.25) is 0 Å². The molecule has 0 aromatic heterocycles. The summed E-state index contributed by atoms with van der Waals surface area (Å²) in [5.74, 6) is 1.31. The lowest BCUT2D eigenvalue weighted by Gasteiger charge is -2.12. The number of hydrogen-bond donors (Lipinski definition) is 2. The van der Waals surface area contributed by atoms with Crippen molar-refractivity contribution in [3.05, 3.63) is 78.1 Å². The molecule has 27 heavy (non-hydrogen) atoms. The maximum Gasteiger partial charge on any atom is 0.126 e. The van der Waals surface area contributed by atoms with E-state index in [9.17, 15) is 4.39 Å². The van der Waals surface area contributed by atoms with Crippen LogP contribution >= 0.6 is 11.8 Å². The number of benzene rings is 3. The monoisotopic (exact) mass is 385 g/mol. The van der Waals surface area contributed by atoms with E-state index in [-0.39, 0.29) is 5.82 Å². The summed E-state index contributed by atoms with van der Waals surface area (Å²) in [5, 5.41) is 9.11. The number of nitrogens with one attached hydrogen (secondary N) is 1. The van der Waals surface area contributed by atoms with Crippen LogP contribution < -0.4 is 10.2 Å². The number of methoxy groups -OCH3 is 1. The molecule has 0 amide bonds. The molecule has 3 aromatic rings. The van der Waals surface area contributed by atoms with Crippen molar-refractivity contribution in [1.29, 1.82) is 0 Å². The van der Waals surface area contributed by atoms with Crippen LogP contribution in [0.4, 0.5) is 10.1 Å². The van der Waals surface area contributed by atoms with Crippen LogP contribution in [0.3, 0.4) is 0 Å². The lowest BCUT2D eigenvalue weighted by Crippen LogP contribution is -1.93. The smallest absolute Gasteiger partial charge is 0.126 e. The van der Waals surface area contributed by atoms with Gasteiger partial charge in [0, 0.05) is 16.2 Å². The normalized spacial score (nSPS) is 9.96. The lowest BCUT2D eigenvalue weighted by atomic mass is 10.0. The minimum absolute atomic E-state index is 0.228. The highest BCUT2D eigenvalue weighted by Crippen LogP contribution is 2.34. The van der Waals surface area contributed by atoms with Crippen molar-refractivity contribution in [3.63, 3.8) is 0 Å². The molecule has 0 aliphatic carbocycles. The molecule has 0 saturated carbocycles. The number of thioether (sulfide) groups is 1. The molecule has 3 rings (SSSR count). The van der Waals surface area contributed by atoms with Crippen molar-refractivity contribution in [2.45, 2.75) is 24.5 Å². The molecule has 0 atom stereocenters. The van der Waals surface area contributed by atoms with Crippen molar-refractivity contribution in [2.24, 2.45) is 0 Å². The summed E-state index contributed by atoms with van der Waals surface area (Å²) in [6.07, 6.45) is 0. The zero-order valence-electron chi connectivity index (χ0n) is 15.7. The van der Waals surface area contributed by atoms with Crippen LogP contribution in [0.2, 0.25) is 0 Å². The summed E-state index contributed by atoms with van der Waals surface area (Å²) in [4.78, 5) is 1.02. The van der Waals surface area contributed by atoms with Crippen LogP contribution in [0.1, 0.15) is 19.4 Å². The molecule has 0 saturated heterocycles. The molecule has 0 aliphatic heterocycles. The van der Waals surface area contributed by atoms with Crippen molar-refractivity contribution >= 4 is 17.4 Å².